The monoisotopic (exact) mass is 339 g/mol. The Bertz CT molecular complexity index is 558. The molecule has 0 aliphatic carbocycles. The molecule has 1 heterocycles. The van der Waals surface area contributed by atoms with Gasteiger partial charge in [0, 0.05) is 18.1 Å². The Hall–Kier alpha value is -1.40. The summed E-state index contributed by atoms with van der Waals surface area (Å²) in [4.78, 5) is 11.7. The van der Waals surface area contributed by atoms with Crippen LogP contribution >= 0.6 is 23.5 Å². The highest BCUT2D eigenvalue weighted by Crippen LogP contribution is 2.13. The Kier molecular flexibility index (Phi) is 7.39. The molecule has 22 heavy (non-hydrogen) atoms. The number of furan rings is 1. The fraction of sp³-hybridized carbons (Fsp3) is 0.312. The SMILES string of the molecule is O=C(CSCc1ccc(F)cc1)NCCSCc1ccco1. The van der Waals surface area contributed by atoms with E-state index in [2.05, 4.69) is 5.32 Å². The molecule has 2 aromatic rings. The van der Waals surface area contributed by atoms with Crippen molar-refractivity contribution in [3.05, 3.63) is 59.8 Å². The molecule has 118 valence electrons. The second kappa shape index (κ2) is 9.58. The van der Waals surface area contributed by atoms with Crippen LogP contribution in [-0.2, 0) is 16.3 Å². The molecule has 0 saturated carbocycles. The summed E-state index contributed by atoms with van der Waals surface area (Å²) in [7, 11) is 0. The number of rotatable bonds is 9. The Morgan fingerprint density at radius 2 is 1.95 bits per heavy atom. The number of hydrogen-bond donors (Lipinski definition) is 1. The molecule has 1 aromatic heterocycles. The van der Waals surface area contributed by atoms with Gasteiger partial charge >= 0.3 is 0 Å². The van der Waals surface area contributed by atoms with Gasteiger partial charge in [-0.05, 0) is 29.8 Å². The maximum Gasteiger partial charge on any atom is 0.230 e. The summed E-state index contributed by atoms with van der Waals surface area (Å²) in [6, 6.07) is 10.2. The molecule has 2 rings (SSSR count). The molecule has 0 saturated heterocycles. The summed E-state index contributed by atoms with van der Waals surface area (Å²) in [5.74, 6) is 3.55. The molecule has 1 amide bonds. The number of carbonyl (C=O) groups excluding carboxylic acids is 1. The number of carbonyl (C=O) groups is 1. The molecule has 6 heteroatoms. The van der Waals surface area contributed by atoms with Crippen LogP contribution in [0.1, 0.15) is 11.3 Å². The molecule has 0 bridgehead atoms. The van der Waals surface area contributed by atoms with Crippen LogP contribution in [-0.4, -0.2) is 24.0 Å². The third kappa shape index (κ3) is 6.58. The molecular weight excluding hydrogens is 321 g/mol. The molecule has 0 atom stereocenters. The van der Waals surface area contributed by atoms with E-state index in [9.17, 15) is 9.18 Å². The summed E-state index contributed by atoms with van der Waals surface area (Å²) in [5.41, 5.74) is 1.02. The first kappa shape index (κ1) is 17.0. The van der Waals surface area contributed by atoms with E-state index in [4.69, 9.17) is 4.42 Å². The van der Waals surface area contributed by atoms with E-state index < -0.39 is 0 Å². The second-order valence-electron chi connectivity index (χ2n) is 4.60. The molecule has 0 unspecified atom stereocenters. The highest BCUT2D eigenvalue weighted by Gasteiger charge is 2.02. The average Bonchev–Trinajstić information content (AvgIpc) is 3.02. The minimum atomic E-state index is -0.237. The molecule has 0 radical (unpaired) electrons. The Labute approximate surface area is 138 Å². The van der Waals surface area contributed by atoms with E-state index in [1.807, 2.05) is 12.1 Å². The van der Waals surface area contributed by atoms with Crippen molar-refractivity contribution >= 4 is 29.4 Å². The van der Waals surface area contributed by atoms with Gasteiger partial charge in [0.2, 0.25) is 5.91 Å². The van der Waals surface area contributed by atoms with Gasteiger partial charge in [0.1, 0.15) is 11.6 Å². The van der Waals surface area contributed by atoms with Crippen molar-refractivity contribution < 1.29 is 13.6 Å². The second-order valence-corrected chi connectivity index (χ2v) is 6.69. The quantitative estimate of drug-likeness (QED) is 0.707. The van der Waals surface area contributed by atoms with E-state index in [1.54, 1.807) is 30.2 Å². The van der Waals surface area contributed by atoms with Crippen molar-refractivity contribution in [3.63, 3.8) is 0 Å². The van der Waals surface area contributed by atoms with Gasteiger partial charge in [0.15, 0.2) is 0 Å². The number of amides is 1. The van der Waals surface area contributed by atoms with Crippen molar-refractivity contribution in [2.75, 3.05) is 18.1 Å². The first-order chi connectivity index (χ1) is 10.7. The topological polar surface area (TPSA) is 42.2 Å². The molecular formula is C16H18FNO2S2. The lowest BCUT2D eigenvalue weighted by Gasteiger charge is -2.05. The standard InChI is InChI=1S/C16H18FNO2S2/c17-14-5-3-13(4-6-14)10-22-12-16(19)18-7-9-21-11-15-2-1-8-20-15/h1-6,8H,7,9-12H2,(H,18,19). The van der Waals surface area contributed by atoms with Crippen LogP contribution in [0.2, 0.25) is 0 Å². The van der Waals surface area contributed by atoms with Crippen LogP contribution in [0.25, 0.3) is 0 Å². The van der Waals surface area contributed by atoms with Crippen molar-refractivity contribution in [2.45, 2.75) is 11.5 Å². The van der Waals surface area contributed by atoms with Crippen molar-refractivity contribution in [2.24, 2.45) is 0 Å². The van der Waals surface area contributed by atoms with Crippen molar-refractivity contribution in [1.29, 1.82) is 0 Å². The lowest BCUT2D eigenvalue weighted by Crippen LogP contribution is -2.27. The normalized spacial score (nSPS) is 10.6. The smallest absolute Gasteiger partial charge is 0.230 e. The summed E-state index contributed by atoms with van der Waals surface area (Å²) >= 11 is 3.25. The van der Waals surface area contributed by atoms with Gasteiger partial charge < -0.3 is 9.73 Å². The summed E-state index contributed by atoms with van der Waals surface area (Å²) in [5, 5.41) is 2.89. The molecule has 1 aromatic carbocycles. The van der Waals surface area contributed by atoms with Gasteiger partial charge in [-0.1, -0.05) is 12.1 Å². The molecule has 0 spiro atoms. The maximum atomic E-state index is 12.8. The third-order valence-electron chi connectivity index (χ3n) is 2.81. The summed E-state index contributed by atoms with van der Waals surface area (Å²) < 4.78 is 18.0. The Balaban J connectivity index is 1.50. The molecule has 0 aliphatic heterocycles. The highest BCUT2D eigenvalue weighted by molar-refractivity contribution is 7.99. The molecule has 1 N–H and O–H groups in total. The zero-order valence-corrected chi connectivity index (χ0v) is 13.7. The van der Waals surface area contributed by atoms with E-state index in [0.29, 0.717) is 18.1 Å². The van der Waals surface area contributed by atoms with Gasteiger partial charge in [-0.25, -0.2) is 4.39 Å². The van der Waals surface area contributed by atoms with Crippen molar-refractivity contribution in [3.8, 4) is 0 Å². The molecule has 0 aliphatic rings. The number of hydrogen-bond acceptors (Lipinski definition) is 4. The fourth-order valence-electron chi connectivity index (χ4n) is 1.72. The fourth-order valence-corrected chi connectivity index (χ4v) is 3.30. The van der Waals surface area contributed by atoms with Gasteiger partial charge in [-0.2, -0.15) is 11.8 Å². The highest BCUT2D eigenvalue weighted by atomic mass is 32.2. The lowest BCUT2D eigenvalue weighted by molar-refractivity contribution is -0.118. The number of thioether (sulfide) groups is 2. The van der Waals surface area contributed by atoms with Crippen LogP contribution in [0.3, 0.4) is 0 Å². The predicted octanol–water partition coefficient (Wildman–Crippen LogP) is 3.70. The van der Waals surface area contributed by atoms with Crippen LogP contribution < -0.4 is 5.32 Å². The van der Waals surface area contributed by atoms with Gasteiger partial charge in [-0.15, -0.1) is 11.8 Å². The van der Waals surface area contributed by atoms with Gasteiger partial charge in [0.25, 0.3) is 0 Å². The predicted molar refractivity (Wildman–Crippen MR) is 90.4 cm³/mol. The maximum absolute atomic E-state index is 12.8. The number of benzene rings is 1. The average molecular weight is 339 g/mol. The van der Waals surface area contributed by atoms with Crippen molar-refractivity contribution in [1.82, 2.24) is 5.32 Å². The summed E-state index contributed by atoms with van der Waals surface area (Å²) in [6.45, 7) is 0.654. The summed E-state index contributed by atoms with van der Waals surface area (Å²) in [6.07, 6.45) is 1.66. The third-order valence-corrected chi connectivity index (χ3v) is 4.79. The number of nitrogens with one attached hydrogen (secondary N) is 1. The minimum absolute atomic E-state index is 0.0331. The minimum Gasteiger partial charge on any atom is -0.468 e. The van der Waals surface area contributed by atoms with E-state index in [-0.39, 0.29) is 11.7 Å². The Morgan fingerprint density at radius 1 is 1.14 bits per heavy atom. The Morgan fingerprint density at radius 3 is 2.68 bits per heavy atom. The zero-order valence-electron chi connectivity index (χ0n) is 12.1. The van der Waals surface area contributed by atoms with E-state index in [1.165, 1.54) is 23.9 Å². The molecule has 3 nitrogen and oxygen atoms in total. The molecule has 0 fully saturated rings. The van der Waals surface area contributed by atoms with Crippen LogP contribution in [0.15, 0.2) is 47.1 Å². The van der Waals surface area contributed by atoms with E-state index >= 15 is 0 Å². The van der Waals surface area contributed by atoms with Crippen LogP contribution in [0.4, 0.5) is 4.39 Å². The lowest BCUT2D eigenvalue weighted by atomic mass is 10.2. The first-order valence-corrected chi connectivity index (χ1v) is 9.24. The largest absolute Gasteiger partial charge is 0.468 e. The number of halogens is 1. The zero-order chi connectivity index (χ0) is 15.6. The van der Waals surface area contributed by atoms with Crippen LogP contribution in [0, 0.1) is 5.82 Å². The van der Waals surface area contributed by atoms with Crippen LogP contribution in [0.5, 0.6) is 0 Å². The van der Waals surface area contributed by atoms with Gasteiger partial charge in [-0.3, -0.25) is 4.79 Å². The van der Waals surface area contributed by atoms with Gasteiger partial charge in [0.05, 0.1) is 17.8 Å². The first-order valence-electron chi connectivity index (χ1n) is 6.93. The van der Waals surface area contributed by atoms with E-state index in [0.717, 1.165) is 22.8 Å².